The van der Waals surface area contributed by atoms with Gasteiger partial charge in [-0.3, -0.25) is 9.59 Å². The van der Waals surface area contributed by atoms with Gasteiger partial charge >= 0.3 is 0 Å². The molecule has 2 aromatic rings. The van der Waals surface area contributed by atoms with E-state index < -0.39 is 11.7 Å². The molecule has 200 valence electrons. The highest BCUT2D eigenvalue weighted by atomic mass is 19.1. The maximum atomic E-state index is 15.1. The lowest BCUT2D eigenvalue weighted by Crippen LogP contribution is -2.43. The van der Waals surface area contributed by atoms with Crippen LogP contribution in [0.5, 0.6) is 0 Å². The van der Waals surface area contributed by atoms with Crippen LogP contribution in [0.1, 0.15) is 54.4 Å². The van der Waals surface area contributed by atoms with E-state index in [1.54, 1.807) is 6.07 Å². The van der Waals surface area contributed by atoms with Gasteiger partial charge in [-0.1, -0.05) is 12.1 Å². The zero-order valence-corrected chi connectivity index (χ0v) is 21.1. The number of hydrogen-bond donors (Lipinski definition) is 3. The van der Waals surface area contributed by atoms with Crippen molar-refractivity contribution in [3.63, 3.8) is 0 Å². The van der Waals surface area contributed by atoms with E-state index in [-0.39, 0.29) is 35.7 Å². The average Bonchev–Trinajstić information content (AvgIpc) is 3.59. The molecule has 0 saturated carbocycles. The molecule has 2 saturated heterocycles. The summed E-state index contributed by atoms with van der Waals surface area (Å²) < 4.78 is 28.6. The Morgan fingerprint density at radius 3 is 2.68 bits per heavy atom. The lowest BCUT2D eigenvalue weighted by atomic mass is 10.1. The molecule has 8 nitrogen and oxygen atoms in total. The Bertz CT molecular complexity index is 1090. The number of hydrogen-bond acceptors (Lipinski definition) is 6. The summed E-state index contributed by atoms with van der Waals surface area (Å²) in [5.74, 6) is -0.730. The number of pyridine rings is 1. The molecule has 2 amide bonds. The van der Waals surface area contributed by atoms with Crippen molar-refractivity contribution in [2.24, 2.45) is 5.73 Å². The lowest BCUT2D eigenvalue weighted by molar-refractivity contribution is -0.132. The van der Waals surface area contributed by atoms with Gasteiger partial charge in [0.25, 0.3) is 5.91 Å². The van der Waals surface area contributed by atoms with Crippen molar-refractivity contribution in [1.82, 2.24) is 15.2 Å². The summed E-state index contributed by atoms with van der Waals surface area (Å²) in [5.41, 5.74) is 6.45. The van der Waals surface area contributed by atoms with Crippen molar-refractivity contribution in [3.05, 3.63) is 53.1 Å². The number of anilines is 2. The second-order valence-corrected chi connectivity index (χ2v) is 9.68. The molecule has 37 heavy (non-hydrogen) atoms. The number of halogens is 2. The zero-order valence-electron chi connectivity index (χ0n) is 21.1. The number of amides is 2. The molecular weight excluding hydrogens is 478 g/mol. The van der Waals surface area contributed by atoms with Crippen molar-refractivity contribution in [2.45, 2.75) is 51.0 Å². The van der Waals surface area contributed by atoms with Crippen LogP contribution in [-0.4, -0.2) is 67.0 Å². The van der Waals surface area contributed by atoms with Gasteiger partial charge in [0.1, 0.15) is 11.6 Å². The number of rotatable bonds is 11. The third-order valence-corrected chi connectivity index (χ3v) is 6.99. The van der Waals surface area contributed by atoms with Gasteiger partial charge in [-0.25, -0.2) is 13.8 Å². The van der Waals surface area contributed by atoms with Crippen LogP contribution in [0.15, 0.2) is 30.3 Å². The Morgan fingerprint density at radius 1 is 1.11 bits per heavy atom. The van der Waals surface area contributed by atoms with Gasteiger partial charge in [-0.15, -0.1) is 0 Å². The molecule has 0 unspecified atom stereocenters. The Morgan fingerprint density at radius 2 is 1.92 bits per heavy atom. The number of nitrogens with zero attached hydrogens (tertiary/aromatic N) is 3. The molecular formula is C27H36F2N6O2. The van der Waals surface area contributed by atoms with Gasteiger partial charge in [-0.2, -0.15) is 0 Å². The van der Waals surface area contributed by atoms with Crippen molar-refractivity contribution in [3.8, 4) is 0 Å². The monoisotopic (exact) mass is 514 g/mol. The highest BCUT2D eigenvalue weighted by Crippen LogP contribution is 2.27. The molecule has 3 heterocycles. The first kappa shape index (κ1) is 26.8. The van der Waals surface area contributed by atoms with Crippen molar-refractivity contribution < 1.29 is 18.4 Å². The highest BCUT2D eigenvalue weighted by molar-refractivity contribution is 5.99. The smallest absolute Gasteiger partial charge is 0.255 e. The predicted octanol–water partition coefficient (Wildman–Crippen LogP) is 3.07. The summed E-state index contributed by atoms with van der Waals surface area (Å²) >= 11 is 0. The minimum Gasteiger partial charge on any atom is -0.369 e. The lowest BCUT2D eigenvalue weighted by Gasteiger charge is -2.25. The van der Waals surface area contributed by atoms with E-state index in [4.69, 9.17) is 5.73 Å². The van der Waals surface area contributed by atoms with Crippen LogP contribution in [0, 0.1) is 11.6 Å². The SMILES string of the molecule is NCCCC(=O)N1CCC[C@@H]1CNC(=O)c1cc(F)c(N2CCCC2)nc1NCCc1cccc(F)c1. The number of aromatic nitrogens is 1. The molecule has 1 aromatic carbocycles. The van der Waals surface area contributed by atoms with E-state index in [1.165, 1.54) is 18.2 Å². The number of nitrogens with one attached hydrogen (secondary N) is 2. The van der Waals surface area contributed by atoms with Gasteiger partial charge in [0.15, 0.2) is 11.6 Å². The highest BCUT2D eigenvalue weighted by Gasteiger charge is 2.29. The van der Waals surface area contributed by atoms with Crippen LogP contribution in [0.25, 0.3) is 0 Å². The summed E-state index contributed by atoms with van der Waals surface area (Å²) in [6, 6.07) is 7.47. The number of benzene rings is 1. The first-order chi connectivity index (χ1) is 18.0. The molecule has 0 spiro atoms. The summed E-state index contributed by atoms with van der Waals surface area (Å²) in [6.45, 7) is 3.24. The van der Waals surface area contributed by atoms with E-state index >= 15 is 4.39 Å². The Labute approximate surface area is 216 Å². The second kappa shape index (κ2) is 12.8. The van der Waals surface area contributed by atoms with E-state index in [1.807, 2.05) is 15.9 Å². The van der Waals surface area contributed by atoms with Gasteiger partial charge in [0.05, 0.1) is 5.56 Å². The number of carbonyl (C=O) groups is 2. The number of nitrogens with two attached hydrogens (primary N) is 1. The topological polar surface area (TPSA) is 104 Å². The van der Waals surface area contributed by atoms with Gasteiger partial charge in [0.2, 0.25) is 5.91 Å². The van der Waals surface area contributed by atoms with Crippen molar-refractivity contribution >= 4 is 23.5 Å². The van der Waals surface area contributed by atoms with E-state index in [0.29, 0.717) is 57.8 Å². The standard InChI is InChI=1S/C27H36F2N6O2/c28-20-7-3-6-19(16-20)10-12-31-25-22(17-23(29)26(33-25)34-13-1-2-14-34)27(37)32-18-21-8-5-15-35(21)24(36)9-4-11-30/h3,6-7,16-17,21H,1-2,4-5,8-15,18,30H2,(H,31,33)(H,32,37)/t21-/m1/s1. The van der Waals surface area contributed by atoms with Gasteiger partial charge in [-0.05, 0) is 68.8 Å². The number of carbonyl (C=O) groups excluding carboxylic acids is 2. The molecule has 0 radical (unpaired) electrons. The Hall–Kier alpha value is -3.27. The van der Waals surface area contributed by atoms with Crippen LogP contribution in [0.4, 0.5) is 20.4 Å². The second-order valence-electron chi connectivity index (χ2n) is 9.68. The van der Waals surface area contributed by atoms with Crippen LogP contribution in [-0.2, 0) is 11.2 Å². The maximum absolute atomic E-state index is 15.1. The molecule has 1 aromatic heterocycles. The summed E-state index contributed by atoms with van der Waals surface area (Å²) in [7, 11) is 0. The maximum Gasteiger partial charge on any atom is 0.255 e. The molecule has 4 rings (SSSR count). The van der Waals surface area contributed by atoms with E-state index in [2.05, 4.69) is 15.6 Å². The van der Waals surface area contributed by atoms with Gasteiger partial charge in [0, 0.05) is 45.2 Å². The Kier molecular flexibility index (Phi) is 9.27. The number of likely N-dealkylation sites (tertiary alicyclic amines) is 1. The molecule has 10 heteroatoms. The van der Waals surface area contributed by atoms with Crippen LogP contribution in [0.2, 0.25) is 0 Å². The minimum atomic E-state index is -0.540. The molecule has 0 aliphatic carbocycles. The van der Waals surface area contributed by atoms with Crippen LogP contribution in [0.3, 0.4) is 0 Å². The molecule has 2 aliphatic rings. The molecule has 2 aliphatic heterocycles. The predicted molar refractivity (Wildman–Crippen MR) is 140 cm³/mol. The van der Waals surface area contributed by atoms with E-state index in [0.717, 1.165) is 31.2 Å². The third-order valence-electron chi connectivity index (χ3n) is 6.99. The first-order valence-corrected chi connectivity index (χ1v) is 13.2. The minimum absolute atomic E-state index is 0.0459. The first-order valence-electron chi connectivity index (χ1n) is 13.2. The largest absolute Gasteiger partial charge is 0.369 e. The fraction of sp³-hybridized carbons (Fsp3) is 0.519. The van der Waals surface area contributed by atoms with Crippen molar-refractivity contribution in [1.29, 1.82) is 0 Å². The molecule has 4 N–H and O–H groups in total. The summed E-state index contributed by atoms with van der Waals surface area (Å²) in [5, 5.41) is 6.05. The van der Waals surface area contributed by atoms with Gasteiger partial charge < -0.3 is 26.2 Å². The van der Waals surface area contributed by atoms with Crippen LogP contribution >= 0.6 is 0 Å². The third kappa shape index (κ3) is 6.94. The fourth-order valence-electron chi connectivity index (χ4n) is 5.03. The normalized spacial score (nSPS) is 17.3. The molecule has 1 atom stereocenters. The molecule has 0 bridgehead atoms. The molecule has 2 fully saturated rings. The quantitative estimate of drug-likeness (QED) is 0.426. The van der Waals surface area contributed by atoms with E-state index in [9.17, 15) is 14.0 Å². The fourth-order valence-corrected chi connectivity index (χ4v) is 5.03. The van der Waals surface area contributed by atoms with Crippen molar-refractivity contribution in [2.75, 3.05) is 49.5 Å². The summed E-state index contributed by atoms with van der Waals surface area (Å²) in [4.78, 5) is 33.9. The zero-order chi connectivity index (χ0) is 26.2. The van der Waals surface area contributed by atoms with Crippen LogP contribution < -0.4 is 21.3 Å². The Balaban J connectivity index is 1.46. The summed E-state index contributed by atoms with van der Waals surface area (Å²) in [6.07, 6.45) is 5.15. The average molecular weight is 515 g/mol.